The molecule has 0 spiro atoms. The Labute approximate surface area is 118 Å². The maximum absolute atomic E-state index is 5.54. The van der Waals surface area contributed by atoms with Crippen molar-refractivity contribution in [1.29, 1.82) is 0 Å². The molecular formula is C14H22BrNO2. The monoisotopic (exact) mass is 315 g/mol. The third-order valence-corrected chi connectivity index (χ3v) is 3.16. The summed E-state index contributed by atoms with van der Waals surface area (Å²) in [5.41, 5.74) is 2.24. The molecule has 1 aromatic rings. The van der Waals surface area contributed by atoms with Crippen LogP contribution < -0.4 is 5.32 Å². The molecule has 0 fully saturated rings. The van der Waals surface area contributed by atoms with Gasteiger partial charge in [0.2, 0.25) is 0 Å². The summed E-state index contributed by atoms with van der Waals surface area (Å²) >= 11 is 3.54. The van der Waals surface area contributed by atoms with Gasteiger partial charge in [-0.2, -0.15) is 0 Å². The van der Waals surface area contributed by atoms with Gasteiger partial charge in [0.05, 0.1) is 13.2 Å². The Balaban J connectivity index is 2.44. The Morgan fingerprint density at radius 2 is 2.11 bits per heavy atom. The molecule has 4 heteroatoms. The second kappa shape index (κ2) is 8.51. The van der Waals surface area contributed by atoms with Gasteiger partial charge in [0.15, 0.2) is 0 Å². The SMILES string of the molecule is COCc1c(Br)cccc1NCCOCC(C)C. The molecule has 0 saturated carbocycles. The van der Waals surface area contributed by atoms with Crippen LogP contribution in [0.1, 0.15) is 19.4 Å². The molecule has 0 aromatic heterocycles. The minimum absolute atomic E-state index is 0.583. The van der Waals surface area contributed by atoms with Gasteiger partial charge in [-0.05, 0) is 18.1 Å². The van der Waals surface area contributed by atoms with Crippen molar-refractivity contribution in [1.82, 2.24) is 0 Å². The summed E-state index contributed by atoms with van der Waals surface area (Å²) in [6.07, 6.45) is 0. The molecule has 1 N–H and O–H groups in total. The molecule has 0 atom stereocenters. The lowest BCUT2D eigenvalue weighted by Gasteiger charge is -2.13. The fourth-order valence-corrected chi connectivity index (χ4v) is 2.07. The van der Waals surface area contributed by atoms with Gasteiger partial charge in [-0.15, -0.1) is 0 Å². The van der Waals surface area contributed by atoms with E-state index in [1.807, 2.05) is 12.1 Å². The van der Waals surface area contributed by atoms with E-state index < -0.39 is 0 Å². The highest BCUT2D eigenvalue weighted by atomic mass is 79.9. The van der Waals surface area contributed by atoms with Gasteiger partial charge in [0.25, 0.3) is 0 Å². The van der Waals surface area contributed by atoms with Crippen molar-refractivity contribution in [3.05, 3.63) is 28.2 Å². The summed E-state index contributed by atoms with van der Waals surface area (Å²) in [7, 11) is 1.70. The number of anilines is 1. The highest BCUT2D eigenvalue weighted by Crippen LogP contribution is 2.25. The smallest absolute Gasteiger partial charge is 0.0744 e. The van der Waals surface area contributed by atoms with Crippen LogP contribution in [0, 0.1) is 5.92 Å². The first kappa shape index (κ1) is 15.5. The van der Waals surface area contributed by atoms with E-state index in [9.17, 15) is 0 Å². The van der Waals surface area contributed by atoms with E-state index in [1.165, 1.54) is 0 Å². The maximum atomic E-state index is 5.54. The number of hydrogen-bond acceptors (Lipinski definition) is 3. The van der Waals surface area contributed by atoms with E-state index in [0.29, 0.717) is 12.5 Å². The lowest BCUT2D eigenvalue weighted by molar-refractivity contribution is 0.118. The number of hydrogen-bond donors (Lipinski definition) is 1. The fourth-order valence-electron chi connectivity index (χ4n) is 1.59. The Bertz CT molecular complexity index is 356. The predicted octanol–water partition coefficient (Wildman–Crippen LogP) is 3.68. The zero-order chi connectivity index (χ0) is 13.4. The van der Waals surface area contributed by atoms with Crippen molar-refractivity contribution >= 4 is 21.6 Å². The molecule has 0 unspecified atom stereocenters. The number of benzene rings is 1. The molecule has 1 rings (SSSR count). The Morgan fingerprint density at radius 1 is 1.33 bits per heavy atom. The van der Waals surface area contributed by atoms with Crippen LogP contribution >= 0.6 is 15.9 Å². The molecule has 3 nitrogen and oxygen atoms in total. The van der Waals surface area contributed by atoms with Crippen molar-refractivity contribution in [2.24, 2.45) is 5.92 Å². The van der Waals surface area contributed by atoms with E-state index in [2.05, 4.69) is 41.2 Å². The van der Waals surface area contributed by atoms with Gasteiger partial charge >= 0.3 is 0 Å². The zero-order valence-corrected chi connectivity index (χ0v) is 12.9. The minimum atomic E-state index is 0.583. The molecule has 1 aromatic carbocycles. The van der Waals surface area contributed by atoms with Crippen LogP contribution in [0.4, 0.5) is 5.69 Å². The van der Waals surface area contributed by atoms with E-state index >= 15 is 0 Å². The van der Waals surface area contributed by atoms with Crippen LogP contribution in [0.5, 0.6) is 0 Å². The molecule has 0 bridgehead atoms. The molecule has 0 radical (unpaired) electrons. The fraction of sp³-hybridized carbons (Fsp3) is 0.571. The largest absolute Gasteiger partial charge is 0.382 e. The summed E-state index contributed by atoms with van der Waals surface area (Å²) in [5.74, 6) is 0.583. The normalized spacial score (nSPS) is 10.9. The first-order valence-corrected chi connectivity index (χ1v) is 7.02. The molecule has 18 heavy (non-hydrogen) atoms. The highest BCUT2D eigenvalue weighted by Gasteiger charge is 2.05. The summed E-state index contributed by atoms with van der Waals surface area (Å²) < 4.78 is 11.8. The predicted molar refractivity (Wildman–Crippen MR) is 79.0 cm³/mol. The molecule has 0 aliphatic heterocycles. The summed E-state index contributed by atoms with van der Waals surface area (Å²) in [5, 5.41) is 3.38. The second-order valence-corrected chi connectivity index (χ2v) is 5.45. The van der Waals surface area contributed by atoms with Gasteiger partial charge in [0, 0.05) is 36.0 Å². The molecule has 0 heterocycles. The summed E-state index contributed by atoms with van der Waals surface area (Å²) in [6.45, 7) is 7.23. The number of ether oxygens (including phenoxy) is 2. The first-order chi connectivity index (χ1) is 8.65. The molecule has 0 aliphatic carbocycles. The van der Waals surface area contributed by atoms with Crippen molar-refractivity contribution < 1.29 is 9.47 Å². The van der Waals surface area contributed by atoms with Crippen molar-refractivity contribution in [3.63, 3.8) is 0 Å². The van der Waals surface area contributed by atoms with E-state index in [-0.39, 0.29) is 0 Å². The quantitative estimate of drug-likeness (QED) is 0.742. The van der Waals surface area contributed by atoms with E-state index in [0.717, 1.165) is 35.5 Å². The Kier molecular flexibility index (Phi) is 7.32. The minimum Gasteiger partial charge on any atom is -0.382 e. The molecule has 0 aliphatic rings. The van der Waals surface area contributed by atoms with Crippen LogP contribution in [0.3, 0.4) is 0 Å². The third-order valence-electron chi connectivity index (χ3n) is 2.42. The third kappa shape index (κ3) is 5.38. The first-order valence-electron chi connectivity index (χ1n) is 6.23. The number of rotatable bonds is 8. The van der Waals surface area contributed by atoms with Crippen LogP contribution in [-0.4, -0.2) is 26.9 Å². The molecule has 102 valence electrons. The molecule has 0 amide bonds. The van der Waals surface area contributed by atoms with E-state index in [1.54, 1.807) is 7.11 Å². The van der Waals surface area contributed by atoms with Crippen molar-refractivity contribution in [2.45, 2.75) is 20.5 Å². The number of nitrogens with one attached hydrogen (secondary N) is 1. The standard InChI is InChI=1S/C14H22BrNO2/c1-11(2)9-18-8-7-16-14-6-4-5-13(15)12(14)10-17-3/h4-6,11,16H,7-10H2,1-3H3. The zero-order valence-electron chi connectivity index (χ0n) is 11.3. The Hall–Kier alpha value is -0.580. The number of halogens is 1. The lowest BCUT2D eigenvalue weighted by Crippen LogP contribution is -2.13. The van der Waals surface area contributed by atoms with Gasteiger partial charge in [-0.1, -0.05) is 35.8 Å². The number of methoxy groups -OCH3 is 1. The van der Waals surface area contributed by atoms with Gasteiger partial charge in [-0.3, -0.25) is 0 Å². The molecular weight excluding hydrogens is 294 g/mol. The highest BCUT2D eigenvalue weighted by molar-refractivity contribution is 9.10. The summed E-state index contributed by atoms with van der Waals surface area (Å²) in [6, 6.07) is 6.09. The van der Waals surface area contributed by atoms with E-state index in [4.69, 9.17) is 9.47 Å². The molecule has 0 saturated heterocycles. The topological polar surface area (TPSA) is 30.5 Å². The van der Waals surface area contributed by atoms with Crippen molar-refractivity contribution in [3.8, 4) is 0 Å². The average Bonchev–Trinajstić information content (AvgIpc) is 2.32. The second-order valence-electron chi connectivity index (χ2n) is 4.59. The lowest BCUT2D eigenvalue weighted by atomic mass is 10.2. The van der Waals surface area contributed by atoms with Gasteiger partial charge in [0.1, 0.15) is 0 Å². The van der Waals surface area contributed by atoms with Crippen LogP contribution in [-0.2, 0) is 16.1 Å². The van der Waals surface area contributed by atoms with Crippen LogP contribution in [0.2, 0.25) is 0 Å². The summed E-state index contributed by atoms with van der Waals surface area (Å²) in [4.78, 5) is 0. The average molecular weight is 316 g/mol. The maximum Gasteiger partial charge on any atom is 0.0744 e. The van der Waals surface area contributed by atoms with Gasteiger partial charge in [-0.25, -0.2) is 0 Å². The van der Waals surface area contributed by atoms with Crippen LogP contribution in [0.15, 0.2) is 22.7 Å². The Morgan fingerprint density at radius 3 is 2.78 bits per heavy atom. The van der Waals surface area contributed by atoms with Gasteiger partial charge < -0.3 is 14.8 Å². The van der Waals surface area contributed by atoms with Crippen LogP contribution in [0.25, 0.3) is 0 Å². The van der Waals surface area contributed by atoms with Crippen molar-refractivity contribution in [2.75, 3.05) is 32.2 Å².